The fraction of sp³-hybridized carbons (Fsp3) is 0. The molecule has 0 aliphatic rings. The molecule has 0 atom stereocenters. The topological polar surface area (TPSA) is 67.4 Å². The molecule has 0 spiro atoms. The average Bonchev–Trinajstić information content (AvgIpc) is 3.24. The van der Waals surface area contributed by atoms with E-state index in [9.17, 15) is 5.26 Å². The maximum atomic E-state index is 9.68. The van der Waals surface area contributed by atoms with Crippen molar-refractivity contribution in [1.82, 2.24) is 19.5 Å². The van der Waals surface area contributed by atoms with Crippen LogP contribution >= 0.6 is 0 Å². The van der Waals surface area contributed by atoms with Crippen LogP contribution in [0.4, 0.5) is 0 Å². The number of fused-ring (bicyclic) bond motifs is 3. The molecule has 0 N–H and O–H groups in total. The van der Waals surface area contributed by atoms with Gasteiger partial charge in [0.25, 0.3) is 0 Å². The Bertz CT molecular complexity index is 1660. The lowest BCUT2D eigenvalue weighted by atomic mass is 10.0. The van der Waals surface area contributed by atoms with Gasteiger partial charge in [0.05, 0.1) is 11.0 Å². The van der Waals surface area contributed by atoms with E-state index in [-0.39, 0.29) is 5.82 Å². The van der Waals surface area contributed by atoms with Crippen LogP contribution < -0.4 is 0 Å². The summed E-state index contributed by atoms with van der Waals surface area (Å²) in [5, 5.41) is 11.9. The minimum Gasteiger partial charge on any atom is -0.277 e. The summed E-state index contributed by atoms with van der Waals surface area (Å²) in [7, 11) is 0. The van der Waals surface area contributed by atoms with Crippen molar-refractivity contribution < 1.29 is 0 Å². The van der Waals surface area contributed by atoms with E-state index in [2.05, 4.69) is 58.5 Å². The van der Waals surface area contributed by atoms with Crippen LogP contribution in [0.1, 0.15) is 5.82 Å². The number of hydrogen-bond donors (Lipinski definition) is 0. The Morgan fingerprint density at radius 2 is 1.27 bits per heavy atom. The Morgan fingerprint density at radius 1 is 0.606 bits per heavy atom. The van der Waals surface area contributed by atoms with Crippen molar-refractivity contribution in [3.05, 3.63) is 109 Å². The molecule has 0 saturated heterocycles. The van der Waals surface area contributed by atoms with E-state index < -0.39 is 0 Å². The maximum Gasteiger partial charge on any atom is 0.239 e. The van der Waals surface area contributed by atoms with Gasteiger partial charge in [-0.15, -0.1) is 0 Å². The second-order valence-corrected chi connectivity index (χ2v) is 7.68. The van der Waals surface area contributed by atoms with Crippen LogP contribution in [0.5, 0.6) is 0 Å². The zero-order valence-electron chi connectivity index (χ0n) is 17.6. The third kappa shape index (κ3) is 3.13. The van der Waals surface area contributed by atoms with E-state index in [0.29, 0.717) is 11.8 Å². The van der Waals surface area contributed by atoms with Crippen molar-refractivity contribution in [2.45, 2.75) is 0 Å². The molecular formula is C28H17N5. The van der Waals surface area contributed by atoms with Crippen molar-refractivity contribution in [1.29, 1.82) is 5.26 Å². The maximum absolute atomic E-state index is 9.68. The molecular weight excluding hydrogens is 406 g/mol. The quantitative estimate of drug-likeness (QED) is 0.341. The van der Waals surface area contributed by atoms with Gasteiger partial charge in [0, 0.05) is 21.9 Å². The summed E-state index contributed by atoms with van der Waals surface area (Å²) < 4.78 is 2.04. The van der Waals surface area contributed by atoms with Crippen LogP contribution in [-0.4, -0.2) is 19.5 Å². The molecule has 0 unspecified atom stereocenters. The molecule has 5 heteroatoms. The van der Waals surface area contributed by atoms with Gasteiger partial charge in [0.15, 0.2) is 5.82 Å². The van der Waals surface area contributed by atoms with Gasteiger partial charge in [-0.25, -0.2) is 0 Å². The van der Waals surface area contributed by atoms with Crippen molar-refractivity contribution in [2.24, 2.45) is 0 Å². The molecule has 154 valence electrons. The molecule has 4 aromatic carbocycles. The highest BCUT2D eigenvalue weighted by Crippen LogP contribution is 2.37. The first-order chi connectivity index (χ1) is 16.3. The van der Waals surface area contributed by atoms with Gasteiger partial charge >= 0.3 is 0 Å². The molecule has 0 saturated carbocycles. The predicted molar refractivity (Wildman–Crippen MR) is 130 cm³/mol. The normalized spacial score (nSPS) is 11.0. The summed E-state index contributed by atoms with van der Waals surface area (Å²) in [6.07, 6.45) is 0. The van der Waals surface area contributed by atoms with Crippen molar-refractivity contribution in [2.75, 3.05) is 0 Å². The number of aromatic nitrogens is 4. The van der Waals surface area contributed by atoms with Crippen LogP contribution in [0.25, 0.3) is 50.3 Å². The lowest BCUT2D eigenvalue weighted by molar-refractivity contribution is 0.931. The van der Waals surface area contributed by atoms with Gasteiger partial charge in [0.2, 0.25) is 11.8 Å². The Morgan fingerprint density at radius 3 is 2.03 bits per heavy atom. The van der Waals surface area contributed by atoms with Crippen LogP contribution in [0.2, 0.25) is 0 Å². The van der Waals surface area contributed by atoms with Gasteiger partial charge < -0.3 is 0 Å². The molecule has 0 aliphatic carbocycles. The number of nitriles is 1. The van der Waals surface area contributed by atoms with Crippen molar-refractivity contribution in [3.8, 4) is 34.5 Å². The van der Waals surface area contributed by atoms with Gasteiger partial charge in [-0.1, -0.05) is 97.1 Å². The van der Waals surface area contributed by atoms with E-state index in [1.807, 2.05) is 65.2 Å². The summed E-state index contributed by atoms with van der Waals surface area (Å²) >= 11 is 0. The van der Waals surface area contributed by atoms with Gasteiger partial charge in [-0.3, -0.25) is 4.57 Å². The highest BCUT2D eigenvalue weighted by molar-refractivity contribution is 6.13. The zero-order chi connectivity index (χ0) is 22.2. The first-order valence-electron chi connectivity index (χ1n) is 10.6. The predicted octanol–water partition coefficient (Wildman–Crippen LogP) is 6.17. The Hall–Kier alpha value is -4.82. The number of nitrogens with zero attached hydrogens (tertiary/aromatic N) is 5. The lowest BCUT2D eigenvalue weighted by Crippen LogP contribution is -2.07. The first-order valence-corrected chi connectivity index (χ1v) is 10.6. The van der Waals surface area contributed by atoms with E-state index >= 15 is 0 Å². The van der Waals surface area contributed by atoms with E-state index in [4.69, 9.17) is 4.98 Å². The molecule has 0 amide bonds. The first kappa shape index (κ1) is 18.9. The number of benzene rings is 4. The summed E-state index contributed by atoms with van der Waals surface area (Å²) in [6, 6.07) is 36.5. The number of para-hydroxylation sites is 2. The Kier molecular flexibility index (Phi) is 4.41. The second kappa shape index (κ2) is 7.70. The van der Waals surface area contributed by atoms with Gasteiger partial charge in [-0.05, 0) is 11.6 Å². The molecule has 5 nitrogen and oxygen atoms in total. The Balaban J connectivity index is 1.74. The standard InChI is InChI=1S/C28H17N5/c29-18-25-30-27(20-12-5-2-6-13-20)32-28(31-25)33-24-17-8-7-14-22(24)23-16-9-15-21(26(23)33)19-10-3-1-4-11-19/h1-17H. The minimum atomic E-state index is 0.0852. The van der Waals surface area contributed by atoms with Gasteiger partial charge in [0.1, 0.15) is 6.07 Å². The summed E-state index contributed by atoms with van der Waals surface area (Å²) in [5.41, 5.74) is 4.99. The summed E-state index contributed by atoms with van der Waals surface area (Å²) in [5.74, 6) is 0.984. The molecule has 6 aromatic rings. The van der Waals surface area contributed by atoms with Crippen LogP contribution in [0, 0.1) is 11.3 Å². The molecule has 0 aliphatic heterocycles. The highest BCUT2D eigenvalue weighted by atomic mass is 15.2. The third-order valence-electron chi connectivity index (χ3n) is 5.74. The lowest BCUT2D eigenvalue weighted by Gasteiger charge is -2.11. The smallest absolute Gasteiger partial charge is 0.239 e. The molecule has 0 radical (unpaired) electrons. The molecule has 33 heavy (non-hydrogen) atoms. The van der Waals surface area contributed by atoms with Crippen molar-refractivity contribution in [3.63, 3.8) is 0 Å². The average molecular weight is 423 g/mol. The van der Waals surface area contributed by atoms with E-state index in [1.54, 1.807) is 0 Å². The Labute approximate surface area is 190 Å². The fourth-order valence-corrected chi connectivity index (χ4v) is 4.31. The van der Waals surface area contributed by atoms with Crippen LogP contribution in [-0.2, 0) is 0 Å². The second-order valence-electron chi connectivity index (χ2n) is 7.68. The summed E-state index contributed by atoms with van der Waals surface area (Å²) in [4.78, 5) is 13.7. The van der Waals surface area contributed by atoms with Crippen LogP contribution in [0.15, 0.2) is 103 Å². The molecule has 2 heterocycles. The van der Waals surface area contributed by atoms with Gasteiger partial charge in [-0.2, -0.15) is 20.2 Å². The fourth-order valence-electron chi connectivity index (χ4n) is 4.31. The third-order valence-corrected chi connectivity index (χ3v) is 5.74. The SMILES string of the molecule is N#Cc1nc(-c2ccccc2)nc(-n2c3ccccc3c3cccc(-c4ccccc4)c32)n1. The summed E-state index contributed by atoms with van der Waals surface area (Å²) in [6.45, 7) is 0. The zero-order valence-corrected chi connectivity index (χ0v) is 17.6. The highest BCUT2D eigenvalue weighted by Gasteiger charge is 2.19. The van der Waals surface area contributed by atoms with Crippen LogP contribution in [0.3, 0.4) is 0 Å². The largest absolute Gasteiger partial charge is 0.277 e. The number of hydrogen-bond acceptors (Lipinski definition) is 4. The van der Waals surface area contributed by atoms with E-state index in [1.165, 1.54) is 0 Å². The molecule has 0 bridgehead atoms. The minimum absolute atomic E-state index is 0.0852. The van der Waals surface area contributed by atoms with E-state index in [0.717, 1.165) is 38.5 Å². The van der Waals surface area contributed by atoms with Crippen molar-refractivity contribution >= 4 is 21.8 Å². The molecule has 2 aromatic heterocycles. The monoisotopic (exact) mass is 423 g/mol. The number of rotatable bonds is 3. The molecule has 6 rings (SSSR count). The molecule has 0 fully saturated rings.